The van der Waals surface area contributed by atoms with Crippen LogP contribution in [0.1, 0.15) is 17.2 Å². The zero-order valence-corrected chi connectivity index (χ0v) is 11.6. The van der Waals surface area contributed by atoms with E-state index in [1.54, 1.807) is 0 Å². The Morgan fingerprint density at radius 2 is 2.00 bits per heavy atom. The molecule has 21 heavy (non-hydrogen) atoms. The molecular weight excluding hydrogens is 330 g/mol. The molecular formula is C13H6Cl2F3NO2. The van der Waals surface area contributed by atoms with E-state index >= 15 is 0 Å². The van der Waals surface area contributed by atoms with E-state index < -0.39 is 23.4 Å². The first-order valence-electron chi connectivity index (χ1n) is 5.50. The Morgan fingerprint density at radius 1 is 1.33 bits per heavy atom. The Balaban J connectivity index is 2.49. The third-order valence-electron chi connectivity index (χ3n) is 2.83. The maximum atomic E-state index is 12.6. The molecule has 1 aromatic rings. The average Bonchev–Trinajstić information content (AvgIpc) is 2.41. The molecule has 0 radical (unpaired) electrons. The van der Waals surface area contributed by atoms with Gasteiger partial charge in [-0.15, -0.1) is 0 Å². The molecule has 1 aliphatic rings. The molecule has 8 heteroatoms. The summed E-state index contributed by atoms with van der Waals surface area (Å²) in [7, 11) is 0. The Hall–Kier alpha value is -1.75. The topological polar surface area (TPSA) is 50.2 Å². The second-order valence-electron chi connectivity index (χ2n) is 4.14. The molecule has 0 saturated heterocycles. The predicted molar refractivity (Wildman–Crippen MR) is 70.8 cm³/mol. The average molecular weight is 336 g/mol. The second-order valence-corrected chi connectivity index (χ2v) is 4.95. The van der Waals surface area contributed by atoms with Crippen LogP contribution in [-0.2, 0) is 11.0 Å². The minimum absolute atomic E-state index is 0.00465. The van der Waals surface area contributed by atoms with Crippen LogP contribution in [0.5, 0.6) is 0 Å². The SMILES string of the molecule is O=C=C1C(O)=C(Cl)C=CC1c1ncc(C(F)(F)F)cc1Cl. The number of alkyl halides is 3. The highest BCUT2D eigenvalue weighted by Gasteiger charge is 2.33. The number of halogens is 5. The number of hydrogen-bond donors (Lipinski definition) is 1. The van der Waals surface area contributed by atoms with Gasteiger partial charge >= 0.3 is 6.18 Å². The van der Waals surface area contributed by atoms with Crippen molar-refractivity contribution in [3.05, 3.63) is 57.1 Å². The summed E-state index contributed by atoms with van der Waals surface area (Å²) in [5.74, 6) is 0.0873. The predicted octanol–water partition coefficient (Wildman–Crippen LogP) is 4.17. The summed E-state index contributed by atoms with van der Waals surface area (Å²) in [5.41, 5.74) is -1.25. The molecule has 1 unspecified atom stereocenters. The number of aliphatic hydroxyl groups excluding tert-OH is 1. The van der Waals surface area contributed by atoms with Crippen molar-refractivity contribution in [2.75, 3.05) is 0 Å². The Bertz CT molecular complexity index is 704. The smallest absolute Gasteiger partial charge is 0.417 e. The van der Waals surface area contributed by atoms with E-state index in [9.17, 15) is 23.1 Å². The van der Waals surface area contributed by atoms with Gasteiger partial charge in [0.15, 0.2) is 0 Å². The van der Waals surface area contributed by atoms with Crippen molar-refractivity contribution < 1.29 is 23.1 Å². The van der Waals surface area contributed by atoms with E-state index in [4.69, 9.17) is 23.2 Å². The first-order valence-corrected chi connectivity index (χ1v) is 6.26. The van der Waals surface area contributed by atoms with Crippen molar-refractivity contribution in [2.24, 2.45) is 0 Å². The van der Waals surface area contributed by atoms with Gasteiger partial charge in [-0.1, -0.05) is 29.3 Å². The molecule has 0 saturated carbocycles. The molecule has 1 aromatic heterocycles. The lowest BCUT2D eigenvalue weighted by Gasteiger charge is -2.19. The van der Waals surface area contributed by atoms with Gasteiger partial charge in [-0.3, -0.25) is 4.98 Å². The molecule has 1 heterocycles. The number of aromatic nitrogens is 1. The molecule has 2 rings (SSSR count). The fourth-order valence-electron chi connectivity index (χ4n) is 1.80. The van der Waals surface area contributed by atoms with Crippen LogP contribution in [0.25, 0.3) is 0 Å². The van der Waals surface area contributed by atoms with Crippen LogP contribution in [0.4, 0.5) is 13.2 Å². The quantitative estimate of drug-likeness (QED) is 0.783. The molecule has 0 amide bonds. The van der Waals surface area contributed by atoms with Gasteiger partial charge < -0.3 is 5.11 Å². The second kappa shape index (κ2) is 5.56. The van der Waals surface area contributed by atoms with E-state index in [0.717, 1.165) is 0 Å². The molecule has 0 spiro atoms. The van der Waals surface area contributed by atoms with Crippen molar-refractivity contribution in [1.29, 1.82) is 0 Å². The molecule has 110 valence electrons. The first kappa shape index (κ1) is 15.6. The number of allylic oxidation sites excluding steroid dienone is 4. The maximum Gasteiger partial charge on any atom is 0.417 e. The highest BCUT2D eigenvalue weighted by atomic mass is 35.5. The fourth-order valence-corrected chi connectivity index (χ4v) is 2.26. The van der Waals surface area contributed by atoms with Crippen LogP contribution in [0.3, 0.4) is 0 Å². The standard InChI is InChI=1S/C13H6Cl2F3NO2/c14-9-2-1-7(8(5-20)12(9)21)11-10(15)3-6(4-19-11)13(16,17)18/h1-4,7,21H. The number of carbonyl (C=O) groups excluding carboxylic acids is 1. The van der Waals surface area contributed by atoms with Crippen LogP contribution in [0, 0.1) is 0 Å². The molecule has 0 fully saturated rings. The summed E-state index contributed by atoms with van der Waals surface area (Å²) in [5, 5.41) is 9.33. The molecule has 1 aliphatic carbocycles. The van der Waals surface area contributed by atoms with E-state index in [-0.39, 0.29) is 21.3 Å². The van der Waals surface area contributed by atoms with Crippen molar-refractivity contribution >= 4 is 29.1 Å². The number of rotatable bonds is 1. The Kier molecular flexibility index (Phi) is 4.14. The van der Waals surface area contributed by atoms with E-state index in [2.05, 4.69) is 4.98 Å². The maximum absolute atomic E-state index is 12.6. The molecule has 0 aliphatic heterocycles. The number of pyridine rings is 1. The zero-order valence-electron chi connectivity index (χ0n) is 10.1. The highest BCUT2D eigenvalue weighted by molar-refractivity contribution is 6.32. The summed E-state index contributed by atoms with van der Waals surface area (Å²) in [4.78, 5) is 14.6. The van der Waals surface area contributed by atoms with Crippen LogP contribution >= 0.6 is 23.2 Å². The van der Waals surface area contributed by atoms with Crippen LogP contribution in [-0.4, -0.2) is 16.0 Å². The third-order valence-corrected chi connectivity index (χ3v) is 3.44. The van der Waals surface area contributed by atoms with Crippen molar-refractivity contribution in [3.63, 3.8) is 0 Å². The fraction of sp³-hybridized carbons (Fsp3) is 0.154. The normalized spacial score (nSPS) is 18.9. The highest BCUT2D eigenvalue weighted by Crippen LogP contribution is 2.38. The van der Waals surface area contributed by atoms with E-state index in [1.807, 2.05) is 0 Å². The van der Waals surface area contributed by atoms with Crippen molar-refractivity contribution in [3.8, 4) is 0 Å². The molecule has 0 aromatic carbocycles. The zero-order chi connectivity index (χ0) is 15.8. The van der Waals surface area contributed by atoms with Gasteiger partial charge in [0, 0.05) is 6.20 Å². The Morgan fingerprint density at radius 3 is 2.52 bits per heavy atom. The van der Waals surface area contributed by atoms with Gasteiger partial charge in [-0.2, -0.15) is 13.2 Å². The largest absolute Gasteiger partial charge is 0.505 e. The summed E-state index contributed by atoms with van der Waals surface area (Å²) in [6, 6.07) is 0.705. The van der Waals surface area contributed by atoms with Crippen LogP contribution in [0.2, 0.25) is 5.02 Å². The lowest BCUT2D eigenvalue weighted by Crippen LogP contribution is -2.12. The van der Waals surface area contributed by atoms with Gasteiger partial charge in [0.2, 0.25) is 0 Å². The van der Waals surface area contributed by atoms with Gasteiger partial charge in [-0.25, -0.2) is 4.79 Å². The number of hydrogen-bond acceptors (Lipinski definition) is 3. The molecule has 1 N–H and O–H groups in total. The monoisotopic (exact) mass is 335 g/mol. The summed E-state index contributed by atoms with van der Waals surface area (Å²) < 4.78 is 37.7. The first-order chi connectivity index (χ1) is 9.75. The van der Waals surface area contributed by atoms with Gasteiger partial charge in [0.25, 0.3) is 0 Å². The lowest BCUT2D eigenvalue weighted by molar-refractivity contribution is -0.137. The number of nitrogens with zero attached hydrogens (tertiary/aromatic N) is 1. The minimum atomic E-state index is -4.58. The van der Waals surface area contributed by atoms with E-state index in [1.165, 1.54) is 18.1 Å². The van der Waals surface area contributed by atoms with E-state index in [0.29, 0.717) is 12.3 Å². The van der Waals surface area contributed by atoms with Crippen LogP contribution < -0.4 is 0 Å². The van der Waals surface area contributed by atoms with Gasteiger partial charge in [0.05, 0.1) is 32.8 Å². The summed E-state index contributed by atoms with van der Waals surface area (Å²) >= 11 is 11.5. The third kappa shape index (κ3) is 2.97. The molecule has 0 bridgehead atoms. The summed E-state index contributed by atoms with van der Waals surface area (Å²) in [6.07, 6.45) is -1.28. The molecule has 3 nitrogen and oxygen atoms in total. The summed E-state index contributed by atoms with van der Waals surface area (Å²) in [6.45, 7) is 0. The van der Waals surface area contributed by atoms with Gasteiger partial charge in [-0.05, 0) is 12.1 Å². The molecule has 1 atom stereocenters. The van der Waals surface area contributed by atoms with Gasteiger partial charge in [0.1, 0.15) is 11.7 Å². The Labute approximate surface area is 127 Å². The number of aliphatic hydroxyl groups is 1. The lowest BCUT2D eigenvalue weighted by atomic mass is 9.90. The minimum Gasteiger partial charge on any atom is -0.505 e. The van der Waals surface area contributed by atoms with Crippen molar-refractivity contribution in [1.82, 2.24) is 4.98 Å². The van der Waals surface area contributed by atoms with Crippen LogP contribution in [0.15, 0.2) is 40.8 Å². The van der Waals surface area contributed by atoms with Crippen molar-refractivity contribution in [2.45, 2.75) is 12.1 Å².